The van der Waals surface area contributed by atoms with Gasteiger partial charge in [0, 0.05) is 10.9 Å². The minimum atomic E-state index is -0.171. The van der Waals surface area contributed by atoms with Crippen molar-refractivity contribution in [2.75, 3.05) is 5.75 Å². The number of halogens is 1. The molecule has 1 unspecified atom stereocenters. The first-order valence-corrected chi connectivity index (χ1v) is 8.53. The Labute approximate surface area is 133 Å². The fourth-order valence-electron chi connectivity index (χ4n) is 2.15. The van der Waals surface area contributed by atoms with E-state index >= 15 is 0 Å². The van der Waals surface area contributed by atoms with E-state index in [0.717, 1.165) is 21.5 Å². The summed E-state index contributed by atoms with van der Waals surface area (Å²) in [7, 11) is 0. The fraction of sp³-hybridized carbons (Fsp3) is 0.400. The van der Waals surface area contributed by atoms with E-state index in [2.05, 4.69) is 66.1 Å². The molecular formula is C15H20BrN3S. The van der Waals surface area contributed by atoms with Crippen LogP contribution in [-0.4, -0.2) is 15.5 Å². The van der Waals surface area contributed by atoms with Crippen molar-refractivity contribution in [3.05, 3.63) is 46.2 Å². The zero-order valence-electron chi connectivity index (χ0n) is 12.0. The summed E-state index contributed by atoms with van der Waals surface area (Å²) in [6.45, 7) is 6.37. The first-order valence-electron chi connectivity index (χ1n) is 6.75. The van der Waals surface area contributed by atoms with Crippen molar-refractivity contribution >= 4 is 27.7 Å². The fourth-order valence-corrected chi connectivity index (χ4v) is 3.33. The molecule has 0 saturated carbocycles. The van der Waals surface area contributed by atoms with E-state index in [9.17, 15) is 0 Å². The summed E-state index contributed by atoms with van der Waals surface area (Å²) in [5.74, 6) is 1.08. The summed E-state index contributed by atoms with van der Waals surface area (Å²) in [6.07, 6.45) is 1.82. The Kier molecular flexibility index (Phi) is 5.29. The van der Waals surface area contributed by atoms with Crippen LogP contribution >= 0.6 is 27.7 Å². The van der Waals surface area contributed by atoms with Gasteiger partial charge in [-0.2, -0.15) is 5.10 Å². The van der Waals surface area contributed by atoms with E-state index in [0.29, 0.717) is 0 Å². The molecule has 3 nitrogen and oxygen atoms in total. The number of benzene rings is 1. The summed E-state index contributed by atoms with van der Waals surface area (Å²) in [4.78, 5) is 1.28. The predicted octanol–water partition coefficient (Wildman–Crippen LogP) is 4.39. The highest BCUT2D eigenvalue weighted by Crippen LogP contribution is 2.29. The van der Waals surface area contributed by atoms with Gasteiger partial charge in [-0.05, 0) is 53.2 Å². The Bertz CT molecular complexity index is 563. The van der Waals surface area contributed by atoms with Crippen molar-refractivity contribution in [1.82, 2.24) is 9.78 Å². The number of hydrogen-bond donors (Lipinski definition) is 1. The van der Waals surface area contributed by atoms with E-state index in [1.807, 2.05) is 22.6 Å². The maximum atomic E-state index is 6.43. The topological polar surface area (TPSA) is 43.8 Å². The maximum Gasteiger partial charge on any atom is 0.0741 e. The van der Waals surface area contributed by atoms with Gasteiger partial charge in [0.05, 0.1) is 22.4 Å². The highest BCUT2D eigenvalue weighted by Gasteiger charge is 2.19. The second-order valence-corrected chi connectivity index (χ2v) is 7.09. The van der Waals surface area contributed by atoms with E-state index in [1.165, 1.54) is 4.90 Å². The third kappa shape index (κ3) is 3.27. The van der Waals surface area contributed by atoms with Crippen LogP contribution < -0.4 is 5.73 Å². The summed E-state index contributed by atoms with van der Waals surface area (Å²) in [5.41, 5.74) is 8.56. The van der Waals surface area contributed by atoms with Gasteiger partial charge in [0.2, 0.25) is 0 Å². The lowest BCUT2D eigenvalue weighted by Crippen LogP contribution is -2.19. The average molecular weight is 354 g/mol. The Balaban J connectivity index is 2.31. The second-order valence-electron chi connectivity index (χ2n) is 4.90. The highest BCUT2D eigenvalue weighted by atomic mass is 79.9. The zero-order chi connectivity index (χ0) is 14.7. The Morgan fingerprint density at radius 2 is 1.95 bits per heavy atom. The lowest BCUT2D eigenvalue weighted by atomic mass is 10.0. The van der Waals surface area contributed by atoms with Crippen LogP contribution in [0.3, 0.4) is 0 Å². The Morgan fingerprint density at radius 3 is 2.50 bits per heavy atom. The van der Waals surface area contributed by atoms with E-state index in [-0.39, 0.29) is 12.1 Å². The van der Waals surface area contributed by atoms with E-state index in [1.54, 1.807) is 0 Å². The van der Waals surface area contributed by atoms with Gasteiger partial charge >= 0.3 is 0 Å². The third-order valence-electron chi connectivity index (χ3n) is 3.12. The Hall–Kier alpha value is -0.780. The van der Waals surface area contributed by atoms with Crippen molar-refractivity contribution in [2.45, 2.75) is 37.8 Å². The molecular weight excluding hydrogens is 334 g/mol. The summed E-state index contributed by atoms with van der Waals surface area (Å²) < 4.78 is 2.94. The van der Waals surface area contributed by atoms with Crippen LogP contribution in [0.25, 0.3) is 0 Å². The molecule has 0 spiro atoms. The average Bonchev–Trinajstić information content (AvgIpc) is 2.81. The molecule has 0 bridgehead atoms. The molecule has 108 valence electrons. The first-order chi connectivity index (χ1) is 9.54. The molecule has 0 aliphatic rings. The summed E-state index contributed by atoms with van der Waals surface area (Å²) in [6, 6.07) is 8.59. The molecule has 1 aromatic heterocycles. The van der Waals surface area contributed by atoms with Crippen LogP contribution in [0.1, 0.15) is 44.1 Å². The molecule has 1 atom stereocenters. The van der Waals surface area contributed by atoms with Crippen molar-refractivity contribution in [3.63, 3.8) is 0 Å². The predicted molar refractivity (Wildman–Crippen MR) is 89.2 cm³/mol. The van der Waals surface area contributed by atoms with E-state index < -0.39 is 0 Å². The molecule has 2 aromatic rings. The normalized spacial score (nSPS) is 12.9. The number of rotatable bonds is 5. The molecule has 5 heteroatoms. The molecule has 2 rings (SSSR count). The maximum absolute atomic E-state index is 6.43. The van der Waals surface area contributed by atoms with Crippen LogP contribution in [-0.2, 0) is 0 Å². The van der Waals surface area contributed by atoms with Gasteiger partial charge < -0.3 is 5.73 Å². The smallest absolute Gasteiger partial charge is 0.0741 e. The van der Waals surface area contributed by atoms with Crippen LogP contribution in [0.15, 0.2) is 39.8 Å². The minimum absolute atomic E-state index is 0.171. The number of thioether (sulfide) groups is 1. The van der Waals surface area contributed by atoms with Gasteiger partial charge in [-0.1, -0.05) is 19.1 Å². The number of nitrogens with two attached hydrogens (primary N) is 1. The van der Waals surface area contributed by atoms with Crippen molar-refractivity contribution < 1.29 is 0 Å². The highest BCUT2D eigenvalue weighted by molar-refractivity contribution is 9.10. The van der Waals surface area contributed by atoms with Crippen molar-refractivity contribution in [2.24, 2.45) is 5.73 Å². The molecule has 1 aromatic carbocycles. The second kappa shape index (κ2) is 6.78. The van der Waals surface area contributed by atoms with Gasteiger partial charge in [-0.3, -0.25) is 4.68 Å². The quantitative estimate of drug-likeness (QED) is 0.810. The lowest BCUT2D eigenvalue weighted by molar-refractivity contribution is 0.498. The van der Waals surface area contributed by atoms with Crippen LogP contribution in [0, 0.1) is 0 Å². The molecule has 0 radical (unpaired) electrons. The van der Waals surface area contributed by atoms with Crippen molar-refractivity contribution in [3.8, 4) is 0 Å². The van der Waals surface area contributed by atoms with Crippen LogP contribution in [0.4, 0.5) is 0 Å². The van der Waals surface area contributed by atoms with Gasteiger partial charge in [0.25, 0.3) is 0 Å². The van der Waals surface area contributed by atoms with Crippen LogP contribution in [0.2, 0.25) is 0 Å². The third-order valence-corrected chi connectivity index (χ3v) is 4.63. The van der Waals surface area contributed by atoms with Gasteiger partial charge in [-0.25, -0.2) is 0 Å². The van der Waals surface area contributed by atoms with Gasteiger partial charge in [0.15, 0.2) is 0 Å². The SMILES string of the molecule is CCSc1ccc(C(N)c2c(Br)cnn2C(C)C)cc1. The molecule has 0 fully saturated rings. The first kappa shape index (κ1) is 15.6. The zero-order valence-corrected chi connectivity index (χ0v) is 14.4. The summed E-state index contributed by atoms with van der Waals surface area (Å²) in [5, 5.41) is 4.39. The largest absolute Gasteiger partial charge is 0.319 e. The van der Waals surface area contributed by atoms with Crippen molar-refractivity contribution in [1.29, 1.82) is 0 Å². The molecule has 0 amide bonds. The van der Waals surface area contributed by atoms with E-state index in [4.69, 9.17) is 5.73 Å². The molecule has 0 aliphatic carbocycles. The molecule has 2 N–H and O–H groups in total. The van der Waals surface area contributed by atoms with Crippen LogP contribution in [0.5, 0.6) is 0 Å². The van der Waals surface area contributed by atoms with Gasteiger partial charge in [0.1, 0.15) is 0 Å². The lowest BCUT2D eigenvalue weighted by Gasteiger charge is -2.18. The number of aromatic nitrogens is 2. The Morgan fingerprint density at radius 1 is 1.30 bits per heavy atom. The standard InChI is InChI=1S/C15H20BrN3S/c1-4-20-12-7-5-11(6-8-12)14(17)15-13(16)9-18-19(15)10(2)3/h5-10,14H,4,17H2,1-3H3. The molecule has 0 saturated heterocycles. The minimum Gasteiger partial charge on any atom is -0.319 e. The molecule has 1 heterocycles. The number of nitrogens with zero attached hydrogens (tertiary/aromatic N) is 2. The van der Waals surface area contributed by atoms with Gasteiger partial charge in [-0.15, -0.1) is 11.8 Å². The number of hydrogen-bond acceptors (Lipinski definition) is 3. The monoisotopic (exact) mass is 353 g/mol. The molecule has 0 aliphatic heterocycles. The summed E-state index contributed by atoms with van der Waals surface area (Å²) >= 11 is 5.39. The molecule has 20 heavy (non-hydrogen) atoms.